The highest BCUT2D eigenvalue weighted by Crippen LogP contribution is 2.46. The van der Waals surface area contributed by atoms with E-state index in [1.54, 1.807) is 6.92 Å². The van der Waals surface area contributed by atoms with Crippen LogP contribution in [-0.4, -0.2) is 59.9 Å². The minimum Gasteiger partial charge on any atom is -0.463 e. The molecule has 3 heterocycles. The first-order chi connectivity index (χ1) is 16.9. The third-order valence-electron chi connectivity index (χ3n) is 6.60. The number of carbonyl (C=O) groups excluding carboxylic acids is 1. The quantitative estimate of drug-likeness (QED) is 0.308. The van der Waals surface area contributed by atoms with Crippen molar-refractivity contribution < 1.29 is 28.5 Å². The number of ether oxygens (including phenoxy) is 5. The Kier molecular flexibility index (Phi) is 7.05. The first kappa shape index (κ1) is 24.2. The van der Waals surface area contributed by atoms with Crippen molar-refractivity contribution in [3.63, 3.8) is 0 Å². The van der Waals surface area contributed by atoms with Gasteiger partial charge in [-0.15, -0.1) is 0 Å². The average Bonchev–Trinajstić information content (AvgIpc) is 3.28. The summed E-state index contributed by atoms with van der Waals surface area (Å²) < 4.78 is 30.2. The summed E-state index contributed by atoms with van der Waals surface area (Å²) in [6.45, 7) is 7.11. The van der Waals surface area contributed by atoms with Crippen molar-refractivity contribution >= 4 is 5.97 Å². The smallest absolute Gasteiger partial charge is 0.330 e. The van der Waals surface area contributed by atoms with E-state index in [4.69, 9.17) is 23.7 Å². The standard InChI is InChI=1S/C28H33NO6/c1-4-31-22(30)16-15-21-23(29(21)17-19-11-7-5-8-12-19)24-25(32-18-20-13-9-6-10-14-20)26-27(33-24)35-28(2,3)34-26/h5-16,21,23-27H,4,17-18H2,1-3H3/t21-,23+,24-,25+,26-,27-,29?/m1/s1. The molecular formula is C28H33NO6. The van der Waals surface area contributed by atoms with Gasteiger partial charge in [-0.25, -0.2) is 4.79 Å². The van der Waals surface area contributed by atoms with Gasteiger partial charge in [0.15, 0.2) is 12.1 Å². The van der Waals surface area contributed by atoms with Gasteiger partial charge in [0.1, 0.15) is 18.3 Å². The summed E-state index contributed by atoms with van der Waals surface area (Å²) in [5, 5.41) is 0. The van der Waals surface area contributed by atoms with Crippen molar-refractivity contribution in [2.45, 2.75) is 76.4 Å². The lowest BCUT2D eigenvalue weighted by Crippen LogP contribution is -2.40. The molecule has 35 heavy (non-hydrogen) atoms. The van der Waals surface area contributed by atoms with Crippen molar-refractivity contribution in [2.24, 2.45) is 0 Å². The van der Waals surface area contributed by atoms with E-state index in [2.05, 4.69) is 17.0 Å². The van der Waals surface area contributed by atoms with Crippen molar-refractivity contribution in [1.29, 1.82) is 0 Å². The Hall–Kier alpha value is -2.55. The first-order valence-corrected chi connectivity index (χ1v) is 12.3. The number of benzene rings is 2. The van der Waals surface area contributed by atoms with Gasteiger partial charge in [-0.2, -0.15) is 0 Å². The summed E-state index contributed by atoms with van der Waals surface area (Å²) in [4.78, 5) is 14.3. The number of hydrogen-bond acceptors (Lipinski definition) is 7. The molecule has 7 nitrogen and oxygen atoms in total. The van der Waals surface area contributed by atoms with Crippen LogP contribution in [0.25, 0.3) is 0 Å². The molecule has 3 fully saturated rings. The van der Waals surface area contributed by atoms with Crippen molar-refractivity contribution in [3.05, 3.63) is 83.9 Å². The molecule has 7 heteroatoms. The number of rotatable bonds is 9. The van der Waals surface area contributed by atoms with Crippen molar-refractivity contribution in [3.8, 4) is 0 Å². The normalized spacial score (nSPS) is 33.1. The van der Waals surface area contributed by atoms with Crippen LogP contribution in [0.1, 0.15) is 31.9 Å². The summed E-state index contributed by atoms with van der Waals surface area (Å²) in [5.41, 5.74) is 2.28. The largest absolute Gasteiger partial charge is 0.463 e. The highest BCUT2D eigenvalue weighted by molar-refractivity contribution is 5.82. The van der Waals surface area contributed by atoms with Crippen LogP contribution in [0, 0.1) is 0 Å². The molecule has 0 N–H and O–H groups in total. The highest BCUT2D eigenvalue weighted by Gasteiger charge is 2.63. The maximum absolute atomic E-state index is 12.0. The molecule has 0 saturated carbocycles. The molecule has 0 aromatic heterocycles. The van der Waals surface area contributed by atoms with Crippen LogP contribution in [0.2, 0.25) is 0 Å². The summed E-state index contributed by atoms with van der Waals surface area (Å²) in [6.07, 6.45) is 2.01. The Morgan fingerprint density at radius 3 is 2.37 bits per heavy atom. The second-order valence-corrected chi connectivity index (χ2v) is 9.58. The van der Waals surface area contributed by atoms with Gasteiger partial charge in [-0.05, 0) is 31.9 Å². The topological polar surface area (TPSA) is 66.2 Å². The Bertz CT molecular complexity index is 1030. The predicted molar refractivity (Wildman–Crippen MR) is 129 cm³/mol. The maximum atomic E-state index is 12.0. The van der Waals surface area contributed by atoms with Crippen LogP contribution >= 0.6 is 0 Å². The highest BCUT2D eigenvalue weighted by atomic mass is 16.8. The summed E-state index contributed by atoms with van der Waals surface area (Å²) >= 11 is 0. The van der Waals surface area contributed by atoms with Crippen LogP contribution in [0.5, 0.6) is 0 Å². The lowest BCUT2D eigenvalue weighted by Gasteiger charge is -2.26. The van der Waals surface area contributed by atoms with Crippen molar-refractivity contribution in [2.75, 3.05) is 6.61 Å². The molecule has 0 aliphatic carbocycles. The molecule has 3 aliphatic rings. The Balaban J connectivity index is 1.36. The second-order valence-electron chi connectivity index (χ2n) is 9.58. The van der Waals surface area contributed by atoms with E-state index < -0.39 is 12.1 Å². The molecular weight excluding hydrogens is 446 g/mol. The molecule has 3 saturated heterocycles. The van der Waals surface area contributed by atoms with Gasteiger partial charge >= 0.3 is 5.97 Å². The molecule has 0 spiro atoms. The number of hydrogen-bond donors (Lipinski definition) is 0. The van der Waals surface area contributed by atoms with Crippen LogP contribution in [0.15, 0.2) is 72.8 Å². The van der Waals surface area contributed by atoms with Gasteiger partial charge in [0.05, 0.1) is 19.3 Å². The van der Waals surface area contributed by atoms with E-state index in [1.165, 1.54) is 11.6 Å². The molecule has 1 unspecified atom stereocenters. The first-order valence-electron chi connectivity index (χ1n) is 12.3. The summed E-state index contributed by atoms with van der Waals surface area (Å²) in [6, 6.07) is 20.4. The molecule has 5 rings (SSSR count). The Morgan fingerprint density at radius 2 is 1.69 bits per heavy atom. The van der Waals surface area contributed by atoms with Gasteiger partial charge in [0.2, 0.25) is 0 Å². The molecule has 2 aromatic rings. The average molecular weight is 480 g/mol. The fraction of sp³-hybridized carbons (Fsp3) is 0.464. The van der Waals surface area contributed by atoms with Gasteiger partial charge in [-0.3, -0.25) is 4.90 Å². The SMILES string of the molecule is CCOC(=O)C=C[C@@H]1[C@@H]([C@H]2O[C@@H]3OC(C)(C)O[C@@H]3[C@H]2OCc2ccccc2)N1Cc1ccccc1. The van der Waals surface area contributed by atoms with Gasteiger partial charge in [0, 0.05) is 18.7 Å². The van der Waals surface area contributed by atoms with E-state index >= 15 is 0 Å². The van der Waals surface area contributed by atoms with E-state index in [9.17, 15) is 4.79 Å². The van der Waals surface area contributed by atoms with E-state index in [0.29, 0.717) is 13.2 Å². The lowest BCUT2D eigenvalue weighted by atomic mass is 10.1. The fourth-order valence-corrected chi connectivity index (χ4v) is 5.03. The monoisotopic (exact) mass is 479 g/mol. The molecule has 3 aliphatic heterocycles. The minimum absolute atomic E-state index is 0.0132. The van der Waals surface area contributed by atoms with Gasteiger partial charge in [0.25, 0.3) is 0 Å². The van der Waals surface area contributed by atoms with Gasteiger partial charge < -0.3 is 23.7 Å². The molecule has 2 aromatic carbocycles. The number of esters is 1. The van der Waals surface area contributed by atoms with E-state index in [1.807, 2.05) is 68.5 Å². The van der Waals surface area contributed by atoms with Gasteiger partial charge in [-0.1, -0.05) is 66.7 Å². The maximum Gasteiger partial charge on any atom is 0.330 e. The molecule has 0 bridgehead atoms. The Labute approximate surface area is 206 Å². The fourth-order valence-electron chi connectivity index (χ4n) is 5.03. The second kappa shape index (κ2) is 10.2. The summed E-state index contributed by atoms with van der Waals surface area (Å²) in [7, 11) is 0. The summed E-state index contributed by atoms with van der Waals surface area (Å²) in [5.74, 6) is -1.07. The zero-order valence-corrected chi connectivity index (χ0v) is 20.4. The number of fused-ring (bicyclic) bond motifs is 1. The van der Waals surface area contributed by atoms with Crippen LogP contribution in [0.3, 0.4) is 0 Å². The van der Waals surface area contributed by atoms with Crippen molar-refractivity contribution in [1.82, 2.24) is 4.90 Å². The zero-order chi connectivity index (χ0) is 24.4. The zero-order valence-electron chi connectivity index (χ0n) is 20.4. The van der Waals surface area contributed by atoms with E-state index in [0.717, 1.165) is 12.1 Å². The van der Waals surface area contributed by atoms with Crippen LogP contribution < -0.4 is 0 Å². The molecule has 0 radical (unpaired) electrons. The number of carbonyl (C=O) groups is 1. The third-order valence-corrected chi connectivity index (χ3v) is 6.60. The Morgan fingerprint density at radius 1 is 1.00 bits per heavy atom. The minimum atomic E-state index is -0.731. The van der Waals surface area contributed by atoms with E-state index in [-0.39, 0.29) is 36.4 Å². The lowest BCUT2D eigenvalue weighted by molar-refractivity contribution is -0.220. The van der Waals surface area contributed by atoms with Crippen LogP contribution in [0.4, 0.5) is 0 Å². The number of nitrogens with zero attached hydrogens (tertiary/aromatic N) is 1. The van der Waals surface area contributed by atoms with Crippen LogP contribution in [-0.2, 0) is 41.6 Å². The molecule has 0 amide bonds. The third kappa shape index (κ3) is 5.50. The molecule has 7 atom stereocenters. The molecule has 186 valence electrons. The predicted octanol–water partition coefficient (Wildman–Crippen LogP) is 3.82.